The van der Waals surface area contributed by atoms with E-state index in [0.717, 1.165) is 0 Å². The van der Waals surface area contributed by atoms with Crippen molar-refractivity contribution in [2.24, 2.45) is 5.92 Å². The fraction of sp³-hybridized carbons (Fsp3) is 0.417. The predicted octanol–water partition coefficient (Wildman–Crippen LogP) is 2.98. The van der Waals surface area contributed by atoms with E-state index in [1.807, 2.05) is 6.92 Å². The molecule has 0 atom stereocenters. The van der Waals surface area contributed by atoms with Crippen molar-refractivity contribution in [1.29, 1.82) is 0 Å². The average Bonchev–Trinajstić information content (AvgIpc) is 2.18. The van der Waals surface area contributed by atoms with E-state index < -0.39 is 0 Å². The number of aryl methyl sites for hydroxylation is 1. The van der Waals surface area contributed by atoms with Crippen LogP contribution in [0.25, 0.3) is 0 Å². The zero-order valence-corrected chi connectivity index (χ0v) is 9.30. The van der Waals surface area contributed by atoms with Crippen LogP contribution < -0.4 is 5.32 Å². The van der Waals surface area contributed by atoms with Gasteiger partial charge in [0.25, 0.3) is 0 Å². The van der Waals surface area contributed by atoms with Crippen molar-refractivity contribution in [2.45, 2.75) is 27.2 Å². The van der Waals surface area contributed by atoms with Crippen LogP contribution in [0.3, 0.4) is 0 Å². The molecule has 0 heterocycles. The summed E-state index contributed by atoms with van der Waals surface area (Å²) >= 11 is 0. The Labute approximate surface area is 89.5 Å². The Hall–Kier alpha value is -1.38. The molecule has 1 aromatic carbocycles. The first kappa shape index (κ1) is 11.7. The molecule has 1 N–H and O–H groups in total. The number of hydrogen-bond donors (Lipinski definition) is 1. The molecule has 0 aliphatic heterocycles. The second kappa shape index (κ2) is 4.91. The lowest BCUT2D eigenvalue weighted by atomic mass is 10.1. The van der Waals surface area contributed by atoms with Gasteiger partial charge in [0.2, 0.25) is 5.91 Å². The molecule has 0 saturated heterocycles. The van der Waals surface area contributed by atoms with Crippen LogP contribution in [0, 0.1) is 11.7 Å². The Morgan fingerprint density at radius 1 is 1.47 bits per heavy atom. The van der Waals surface area contributed by atoms with Gasteiger partial charge in [-0.3, -0.25) is 4.79 Å². The summed E-state index contributed by atoms with van der Waals surface area (Å²) in [5.74, 6) is -0.461. The average molecular weight is 209 g/mol. The topological polar surface area (TPSA) is 29.1 Å². The summed E-state index contributed by atoms with van der Waals surface area (Å²) in [6.45, 7) is 5.49. The Morgan fingerprint density at radius 3 is 2.60 bits per heavy atom. The number of anilines is 1. The number of amides is 1. The maximum Gasteiger partial charge on any atom is 0.226 e. The number of benzene rings is 1. The van der Waals surface area contributed by atoms with Crippen LogP contribution in [-0.4, -0.2) is 5.91 Å². The van der Waals surface area contributed by atoms with Crippen LogP contribution >= 0.6 is 0 Å². The molecule has 0 saturated carbocycles. The van der Waals surface area contributed by atoms with Crippen molar-refractivity contribution in [3.05, 3.63) is 29.6 Å². The van der Waals surface area contributed by atoms with Crippen LogP contribution in [-0.2, 0) is 11.2 Å². The molecule has 82 valence electrons. The third kappa shape index (κ3) is 3.05. The Kier molecular flexibility index (Phi) is 3.83. The molecule has 1 rings (SSSR count). The highest BCUT2D eigenvalue weighted by atomic mass is 19.1. The van der Waals surface area contributed by atoms with Crippen molar-refractivity contribution < 1.29 is 9.18 Å². The van der Waals surface area contributed by atoms with Gasteiger partial charge < -0.3 is 5.32 Å². The van der Waals surface area contributed by atoms with E-state index in [-0.39, 0.29) is 17.6 Å². The van der Waals surface area contributed by atoms with Crippen LogP contribution in [0.1, 0.15) is 26.3 Å². The third-order valence-electron chi connectivity index (χ3n) is 2.23. The summed E-state index contributed by atoms with van der Waals surface area (Å²) in [6.07, 6.45) is 0.657. The van der Waals surface area contributed by atoms with E-state index in [1.54, 1.807) is 26.0 Å². The molecular formula is C12H16FNO. The van der Waals surface area contributed by atoms with Crippen molar-refractivity contribution in [2.75, 3.05) is 5.32 Å². The summed E-state index contributed by atoms with van der Waals surface area (Å²) in [5, 5.41) is 2.65. The predicted molar refractivity (Wildman–Crippen MR) is 59.2 cm³/mol. The molecule has 0 aliphatic carbocycles. The largest absolute Gasteiger partial charge is 0.326 e. The van der Waals surface area contributed by atoms with E-state index in [2.05, 4.69) is 5.32 Å². The minimum atomic E-state index is -0.265. The standard InChI is InChI=1S/C12H16FNO/c1-4-9-5-6-10(7-11(9)13)14-12(15)8(2)3/h5-8H,4H2,1-3H3,(H,14,15). The molecule has 0 aliphatic rings. The Bertz CT molecular complexity index is 361. The molecule has 2 nitrogen and oxygen atoms in total. The molecule has 0 aromatic heterocycles. The summed E-state index contributed by atoms with van der Waals surface area (Å²) < 4.78 is 13.4. The highest BCUT2D eigenvalue weighted by Gasteiger charge is 2.08. The molecule has 1 amide bonds. The van der Waals surface area contributed by atoms with E-state index in [4.69, 9.17) is 0 Å². The van der Waals surface area contributed by atoms with Crippen molar-refractivity contribution in [1.82, 2.24) is 0 Å². The van der Waals surface area contributed by atoms with Crippen molar-refractivity contribution >= 4 is 11.6 Å². The lowest BCUT2D eigenvalue weighted by Crippen LogP contribution is -2.17. The quantitative estimate of drug-likeness (QED) is 0.814. The highest BCUT2D eigenvalue weighted by molar-refractivity contribution is 5.92. The van der Waals surface area contributed by atoms with Crippen LogP contribution in [0.15, 0.2) is 18.2 Å². The molecule has 0 bridgehead atoms. The first-order valence-corrected chi connectivity index (χ1v) is 5.14. The van der Waals surface area contributed by atoms with E-state index in [0.29, 0.717) is 17.7 Å². The summed E-state index contributed by atoms with van der Waals surface area (Å²) in [7, 11) is 0. The molecule has 0 radical (unpaired) electrons. The molecule has 0 spiro atoms. The summed E-state index contributed by atoms with van der Waals surface area (Å²) in [6, 6.07) is 4.78. The first-order chi connectivity index (χ1) is 7.04. The molecular weight excluding hydrogens is 193 g/mol. The Morgan fingerprint density at radius 2 is 2.13 bits per heavy atom. The smallest absolute Gasteiger partial charge is 0.226 e. The number of carbonyl (C=O) groups excluding carboxylic acids is 1. The van der Waals surface area contributed by atoms with Gasteiger partial charge in [-0.25, -0.2) is 4.39 Å². The van der Waals surface area contributed by atoms with Crippen LogP contribution in [0.4, 0.5) is 10.1 Å². The van der Waals surface area contributed by atoms with Crippen LogP contribution in [0.2, 0.25) is 0 Å². The monoisotopic (exact) mass is 209 g/mol. The molecule has 0 unspecified atom stereocenters. The number of hydrogen-bond acceptors (Lipinski definition) is 1. The van der Waals surface area contributed by atoms with Crippen molar-refractivity contribution in [3.8, 4) is 0 Å². The van der Waals surface area contributed by atoms with Gasteiger partial charge in [-0.1, -0.05) is 26.8 Å². The SMILES string of the molecule is CCc1ccc(NC(=O)C(C)C)cc1F. The third-order valence-corrected chi connectivity index (χ3v) is 2.23. The van der Waals surface area contributed by atoms with Gasteiger partial charge in [-0.15, -0.1) is 0 Å². The molecule has 0 fully saturated rings. The number of carbonyl (C=O) groups is 1. The normalized spacial score (nSPS) is 10.5. The van der Waals surface area contributed by atoms with Gasteiger partial charge in [0.15, 0.2) is 0 Å². The zero-order valence-electron chi connectivity index (χ0n) is 9.30. The minimum Gasteiger partial charge on any atom is -0.326 e. The van der Waals surface area contributed by atoms with E-state index >= 15 is 0 Å². The lowest BCUT2D eigenvalue weighted by Gasteiger charge is -2.08. The number of halogens is 1. The van der Waals surface area contributed by atoms with Gasteiger partial charge in [-0.05, 0) is 24.1 Å². The van der Waals surface area contributed by atoms with Gasteiger partial charge in [-0.2, -0.15) is 0 Å². The molecule has 15 heavy (non-hydrogen) atoms. The second-order valence-corrected chi connectivity index (χ2v) is 3.80. The minimum absolute atomic E-state index is 0.0982. The van der Waals surface area contributed by atoms with Gasteiger partial charge in [0.1, 0.15) is 5.82 Å². The zero-order chi connectivity index (χ0) is 11.4. The van der Waals surface area contributed by atoms with E-state index in [1.165, 1.54) is 6.07 Å². The number of nitrogens with one attached hydrogen (secondary N) is 1. The fourth-order valence-corrected chi connectivity index (χ4v) is 1.20. The van der Waals surface area contributed by atoms with Crippen LogP contribution in [0.5, 0.6) is 0 Å². The maximum absolute atomic E-state index is 13.4. The van der Waals surface area contributed by atoms with Gasteiger partial charge in [0, 0.05) is 11.6 Å². The van der Waals surface area contributed by atoms with Gasteiger partial charge >= 0.3 is 0 Å². The van der Waals surface area contributed by atoms with E-state index in [9.17, 15) is 9.18 Å². The second-order valence-electron chi connectivity index (χ2n) is 3.80. The molecule has 1 aromatic rings. The fourth-order valence-electron chi connectivity index (χ4n) is 1.20. The summed E-state index contributed by atoms with van der Waals surface area (Å²) in [5.41, 5.74) is 1.18. The Balaban J connectivity index is 2.80. The summed E-state index contributed by atoms with van der Waals surface area (Å²) in [4.78, 5) is 11.3. The lowest BCUT2D eigenvalue weighted by molar-refractivity contribution is -0.118. The van der Waals surface area contributed by atoms with Crippen molar-refractivity contribution in [3.63, 3.8) is 0 Å². The first-order valence-electron chi connectivity index (χ1n) is 5.14. The van der Waals surface area contributed by atoms with Gasteiger partial charge in [0.05, 0.1) is 0 Å². The maximum atomic E-state index is 13.4. The number of rotatable bonds is 3. The highest BCUT2D eigenvalue weighted by Crippen LogP contribution is 2.15. The molecule has 3 heteroatoms.